The lowest BCUT2D eigenvalue weighted by atomic mass is 10.3. The van der Waals surface area contributed by atoms with Gasteiger partial charge in [0, 0.05) is 5.69 Å². The number of hydrogen-bond donors (Lipinski definition) is 3. The predicted molar refractivity (Wildman–Crippen MR) is 65.8 cm³/mol. The van der Waals surface area contributed by atoms with Crippen LogP contribution >= 0.6 is 0 Å². The maximum Gasteiger partial charge on any atom is 0.318 e. The average molecular weight is 282 g/mol. The molecule has 0 unspecified atom stereocenters. The lowest BCUT2D eigenvalue weighted by Gasteiger charge is -2.06. The van der Waals surface area contributed by atoms with Crippen LogP contribution in [0.25, 0.3) is 0 Å². The molecule has 100 valence electrons. The smallest absolute Gasteiger partial charge is 0.318 e. The number of aromatic hydroxyl groups is 1. The molecule has 8 nitrogen and oxygen atoms in total. The van der Waals surface area contributed by atoms with Crippen LogP contribution in [0.5, 0.6) is 6.01 Å². The highest BCUT2D eigenvalue weighted by Crippen LogP contribution is 2.18. The zero-order valence-corrected chi connectivity index (χ0v) is 10.6. The number of rotatable bonds is 3. The van der Waals surface area contributed by atoms with Gasteiger partial charge in [-0.15, -0.1) is 0 Å². The monoisotopic (exact) mass is 282 g/mol. The average Bonchev–Trinajstić information content (AvgIpc) is 2.26. The minimum Gasteiger partial charge on any atom is -0.479 e. The Labute approximate surface area is 108 Å². The second kappa shape index (κ2) is 4.78. The second-order valence-electron chi connectivity index (χ2n) is 3.63. The summed E-state index contributed by atoms with van der Waals surface area (Å²) in [6.45, 7) is 1.57. The van der Waals surface area contributed by atoms with Crippen molar-refractivity contribution in [3.63, 3.8) is 0 Å². The van der Waals surface area contributed by atoms with Crippen molar-refractivity contribution in [1.82, 2.24) is 15.0 Å². The maximum absolute atomic E-state index is 11.0. The fourth-order valence-corrected chi connectivity index (χ4v) is 1.91. The van der Waals surface area contributed by atoms with Gasteiger partial charge in [-0.25, -0.2) is 0 Å². The molecule has 0 amide bonds. The Bertz CT molecular complexity index is 697. The first-order chi connectivity index (χ1) is 8.84. The third-order valence-corrected chi connectivity index (χ3v) is 2.97. The third-order valence-electron chi connectivity index (χ3n) is 2.12. The Kier molecular flexibility index (Phi) is 3.32. The molecule has 0 spiro atoms. The van der Waals surface area contributed by atoms with Gasteiger partial charge in [-0.3, -0.25) is 4.55 Å². The van der Waals surface area contributed by atoms with Crippen LogP contribution in [0.4, 0.5) is 11.6 Å². The minimum atomic E-state index is -4.28. The molecule has 0 aliphatic carbocycles. The standard InChI is InChI=1S/C10H10N4O4S/c1-6-11-9(14-10(15)12-6)13-7-3-2-4-8(5-7)19(16,17)18/h2-5H,1H3,(H,16,17,18)(H2,11,12,13,14,15). The molecule has 2 aromatic rings. The normalized spacial score (nSPS) is 11.3. The largest absolute Gasteiger partial charge is 0.479 e. The van der Waals surface area contributed by atoms with Crippen LogP contribution in [0.2, 0.25) is 0 Å². The SMILES string of the molecule is Cc1nc(O)nc(Nc2cccc(S(=O)(=O)O)c2)n1. The van der Waals surface area contributed by atoms with E-state index < -0.39 is 16.1 Å². The molecule has 9 heteroatoms. The quantitative estimate of drug-likeness (QED) is 0.708. The van der Waals surface area contributed by atoms with Crippen LogP contribution in [-0.2, 0) is 10.1 Å². The highest BCUT2D eigenvalue weighted by molar-refractivity contribution is 7.85. The Morgan fingerprint density at radius 1 is 1.21 bits per heavy atom. The van der Waals surface area contributed by atoms with Gasteiger partial charge in [0.1, 0.15) is 5.82 Å². The van der Waals surface area contributed by atoms with E-state index in [0.717, 1.165) is 0 Å². The second-order valence-corrected chi connectivity index (χ2v) is 5.06. The van der Waals surface area contributed by atoms with Gasteiger partial charge >= 0.3 is 6.01 Å². The zero-order chi connectivity index (χ0) is 14.0. The molecule has 0 saturated heterocycles. The van der Waals surface area contributed by atoms with Crippen LogP contribution in [0.15, 0.2) is 29.2 Å². The Balaban J connectivity index is 2.33. The molecule has 0 saturated carbocycles. The van der Waals surface area contributed by atoms with E-state index in [9.17, 15) is 13.5 Å². The van der Waals surface area contributed by atoms with Gasteiger partial charge in [0.2, 0.25) is 5.95 Å². The molecule has 0 aliphatic rings. The van der Waals surface area contributed by atoms with Crippen LogP contribution in [0.1, 0.15) is 5.82 Å². The first-order valence-electron chi connectivity index (χ1n) is 5.11. The van der Waals surface area contributed by atoms with E-state index in [1.807, 2.05) is 0 Å². The van der Waals surface area contributed by atoms with Gasteiger partial charge in [0.05, 0.1) is 4.90 Å². The van der Waals surface area contributed by atoms with Crippen molar-refractivity contribution in [3.05, 3.63) is 30.1 Å². The van der Waals surface area contributed by atoms with Crippen LogP contribution in [0.3, 0.4) is 0 Å². The van der Waals surface area contributed by atoms with E-state index in [4.69, 9.17) is 4.55 Å². The van der Waals surface area contributed by atoms with E-state index >= 15 is 0 Å². The Morgan fingerprint density at radius 3 is 2.58 bits per heavy atom. The minimum absolute atomic E-state index is 0.0671. The first-order valence-corrected chi connectivity index (χ1v) is 6.55. The summed E-state index contributed by atoms with van der Waals surface area (Å²) in [5.74, 6) is 0.374. The fraction of sp³-hybridized carbons (Fsp3) is 0.100. The summed E-state index contributed by atoms with van der Waals surface area (Å²) < 4.78 is 30.9. The molecule has 0 bridgehead atoms. The summed E-state index contributed by atoms with van der Waals surface area (Å²) in [6.07, 6.45) is 0. The van der Waals surface area contributed by atoms with E-state index in [0.29, 0.717) is 11.5 Å². The van der Waals surface area contributed by atoms with Crippen molar-refractivity contribution in [2.24, 2.45) is 0 Å². The number of anilines is 2. The van der Waals surface area contributed by atoms with Crippen LogP contribution < -0.4 is 5.32 Å². The lowest BCUT2D eigenvalue weighted by molar-refractivity contribution is 0.427. The van der Waals surface area contributed by atoms with Crippen molar-refractivity contribution in [1.29, 1.82) is 0 Å². The topological polar surface area (TPSA) is 125 Å². The number of hydrogen-bond acceptors (Lipinski definition) is 7. The van der Waals surface area contributed by atoms with Gasteiger partial charge in [-0.1, -0.05) is 6.07 Å². The van der Waals surface area contributed by atoms with Gasteiger partial charge < -0.3 is 10.4 Å². The fourth-order valence-electron chi connectivity index (χ4n) is 1.39. The number of nitrogens with zero attached hydrogens (tertiary/aromatic N) is 3. The predicted octanol–water partition coefficient (Wildman–Crippen LogP) is 0.876. The molecule has 1 heterocycles. The number of nitrogens with one attached hydrogen (secondary N) is 1. The number of aryl methyl sites for hydroxylation is 1. The van der Waals surface area contributed by atoms with Crippen molar-refractivity contribution in [2.45, 2.75) is 11.8 Å². The third kappa shape index (κ3) is 3.36. The summed E-state index contributed by atoms with van der Waals surface area (Å²) in [5.41, 5.74) is 0.347. The van der Waals surface area contributed by atoms with Gasteiger partial charge in [0.15, 0.2) is 0 Å². The van der Waals surface area contributed by atoms with Crippen molar-refractivity contribution in [2.75, 3.05) is 5.32 Å². The van der Waals surface area contributed by atoms with E-state index in [1.54, 1.807) is 13.0 Å². The van der Waals surface area contributed by atoms with E-state index in [-0.39, 0.29) is 10.8 Å². The zero-order valence-electron chi connectivity index (χ0n) is 9.77. The van der Waals surface area contributed by atoms with E-state index in [2.05, 4.69) is 20.3 Å². The number of benzene rings is 1. The van der Waals surface area contributed by atoms with Crippen molar-refractivity contribution in [3.8, 4) is 6.01 Å². The number of aromatic nitrogens is 3. The highest BCUT2D eigenvalue weighted by atomic mass is 32.2. The van der Waals surface area contributed by atoms with E-state index in [1.165, 1.54) is 18.2 Å². The molecule has 1 aromatic heterocycles. The molecule has 0 fully saturated rings. The van der Waals surface area contributed by atoms with Crippen molar-refractivity contribution < 1.29 is 18.1 Å². The molecular formula is C10H10N4O4S. The van der Waals surface area contributed by atoms with Gasteiger partial charge in [0.25, 0.3) is 10.1 Å². The lowest BCUT2D eigenvalue weighted by Crippen LogP contribution is -2.02. The molecular weight excluding hydrogens is 272 g/mol. The molecule has 3 N–H and O–H groups in total. The molecule has 1 aromatic carbocycles. The van der Waals surface area contributed by atoms with Gasteiger partial charge in [-0.2, -0.15) is 23.4 Å². The van der Waals surface area contributed by atoms with Crippen LogP contribution in [0, 0.1) is 6.92 Å². The molecule has 19 heavy (non-hydrogen) atoms. The van der Waals surface area contributed by atoms with Gasteiger partial charge in [-0.05, 0) is 25.1 Å². The van der Waals surface area contributed by atoms with Crippen LogP contribution in [-0.4, -0.2) is 33.0 Å². The summed E-state index contributed by atoms with van der Waals surface area (Å²) in [7, 11) is -4.28. The maximum atomic E-state index is 11.0. The Morgan fingerprint density at radius 2 is 1.95 bits per heavy atom. The molecule has 0 atom stereocenters. The molecule has 0 radical (unpaired) electrons. The first kappa shape index (κ1) is 13.2. The highest BCUT2D eigenvalue weighted by Gasteiger charge is 2.10. The summed E-state index contributed by atoms with van der Waals surface area (Å²) in [5, 5.41) is 11.9. The van der Waals surface area contributed by atoms with Crippen molar-refractivity contribution >= 4 is 21.8 Å². The molecule has 2 rings (SSSR count). The Hall–Kier alpha value is -2.26. The summed E-state index contributed by atoms with van der Waals surface area (Å²) >= 11 is 0. The summed E-state index contributed by atoms with van der Waals surface area (Å²) in [4.78, 5) is 10.9. The molecule has 0 aliphatic heterocycles. The summed E-state index contributed by atoms with van der Waals surface area (Å²) in [6, 6.07) is 5.02.